The summed E-state index contributed by atoms with van der Waals surface area (Å²) in [5.41, 5.74) is 3.97. The van der Waals surface area contributed by atoms with Gasteiger partial charge in [-0.05, 0) is 36.5 Å². The van der Waals surface area contributed by atoms with Crippen molar-refractivity contribution in [2.24, 2.45) is 0 Å². The van der Waals surface area contributed by atoms with E-state index in [-0.39, 0.29) is 5.41 Å². The first-order chi connectivity index (χ1) is 13.7. The minimum absolute atomic E-state index is 0.0955. The van der Waals surface area contributed by atoms with E-state index in [1.54, 1.807) is 0 Å². The minimum atomic E-state index is 0.0955. The lowest BCUT2D eigenvalue weighted by Gasteiger charge is -2.29. The van der Waals surface area contributed by atoms with Crippen LogP contribution in [0.1, 0.15) is 38.3 Å². The third kappa shape index (κ3) is 8.43. The van der Waals surface area contributed by atoms with Gasteiger partial charge >= 0.3 is 0 Å². The highest BCUT2D eigenvalue weighted by Crippen LogP contribution is 2.30. The van der Waals surface area contributed by atoms with Gasteiger partial charge in [0.05, 0.1) is 27.3 Å². The average Bonchev–Trinajstić information content (AvgIpc) is 2.64. The fourth-order valence-corrected chi connectivity index (χ4v) is 3.65. The number of ether oxygens (including phenoxy) is 2. The van der Waals surface area contributed by atoms with Crippen LogP contribution in [-0.4, -0.2) is 44.9 Å². The van der Waals surface area contributed by atoms with Crippen LogP contribution in [0.3, 0.4) is 0 Å². The number of hydrogen-bond acceptors (Lipinski definition) is 2. The Morgan fingerprint density at radius 1 is 0.931 bits per heavy atom. The van der Waals surface area contributed by atoms with Crippen molar-refractivity contribution in [3.8, 4) is 5.75 Å². The summed E-state index contributed by atoms with van der Waals surface area (Å²) in [6.07, 6.45) is 0.986. The van der Waals surface area contributed by atoms with Crippen molar-refractivity contribution in [3.63, 3.8) is 0 Å². The standard InChI is InChI=1S/C26H38NO2/c1-22(2)20-26(3,4)24-12-14-25(15-13-24)29-19-18-28-17-16-27(5,6)21-23-10-8-7-9-11-23/h7-15H,1,16-21H2,2-6H3/q+1. The van der Waals surface area contributed by atoms with Crippen LogP contribution in [-0.2, 0) is 16.7 Å². The predicted molar refractivity (Wildman–Crippen MR) is 122 cm³/mol. The Kier molecular flexibility index (Phi) is 8.48. The topological polar surface area (TPSA) is 18.5 Å². The molecule has 0 aliphatic heterocycles. The first kappa shape index (κ1) is 23.2. The van der Waals surface area contributed by atoms with Crippen LogP contribution < -0.4 is 4.74 Å². The lowest BCUT2D eigenvalue weighted by Crippen LogP contribution is -2.41. The quantitative estimate of drug-likeness (QED) is 0.264. The van der Waals surface area contributed by atoms with Crippen LogP contribution in [0, 0.1) is 0 Å². The zero-order valence-electron chi connectivity index (χ0n) is 18.9. The second-order valence-electron chi connectivity index (χ2n) is 9.31. The Balaban J connectivity index is 1.67. The van der Waals surface area contributed by atoms with Crippen LogP contribution in [0.4, 0.5) is 0 Å². The van der Waals surface area contributed by atoms with Gasteiger partial charge < -0.3 is 14.0 Å². The van der Waals surface area contributed by atoms with Gasteiger partial charge in [-0.2, -0.15) is 0 Å². The smallest absolute Gasteiger partial charge is 0.119 e. The van der Waals surface area contributed by atoms with Crippen molar-refractivity contribution < 1.29 is 14.0 Å². The summed E-state index contributed by atoms with van der Waals surface area (Å²) >= 11 is 0. The summed E-state index contributed by atoms with van der Waals surface area (Å²) in [5, 5.41) is 0. The lowest BCUT2D eigenvalue weighted by molar-refractivity contribution is -0.904. The third-order valence-corrected chi connectivity index (χ3v) is 5.17. The minimum Gasteiger partial charge on any atom is -0.491 e. The molecular formula is C26H38NO2+. The van der Waals surface area contributed by atoms with Gasteiger partial charge in [-0.25, -0.2) is 0 Å². The Bertz CT molecular complexity index is 748. The Hall–Kier alpha value is -2.10. The molecule has 3 nitrogen and oxygen atoms in total. The van der Waals surface area contributed by atoms with Crippen molar-refractivity contribution >= 4 is 0 Å². The molecule has 2 rings (SSSR count). The summed E-state index contributed by atoms with van der Waals surface area (Å²) in [4.78, 5) is 0. The van der Waals surface area contributed by atoms with Crippen molar-refractivity contribution in [3.05, 3.63) is 77.9 Å². The maximum absolute atomic E-state index is 5.83. The summed E-state index contributed by atoms with van der Waals surface area (Å²) in [7, 11) is 4.48. The first-order valence-corrected chi connectivity index (χ1v) is 10.5. The van der Waals surface area contributed by atoms with E-state index in [9.17, 15) is 0 Å². The molecule has 3 heteroatoms. The highest BCUT2D eigenvalue weighted by molar-refractivity contribution is 5.32. The number of quaternary nitrogens is 1. The van der Waals surface area contributed by atoms with Gasteiger partial charge in [-0.1, -0.05) is 61.9 Å². The van der Waals surface area contributed by atoms with E-state index in [1.165, 1.54) is 16.7 Å². The molecule has 0 amide bonds. The number of rotatable bonds is 12. The van der Waals surface area contributed by atoms with E-state index in [1.807, 2.05) is 0 Å². The number of hydrogen-bond donors (Lipinski definition) is 0. The van der Waals surface area contributed by atoms with Gasteiger partial charge in [0, 0.05) is 5.56 Å². The normalized spacial score (nSPS) is 12.0. The fraction of sp³-hybridized carbons (Fsp3) is 0.462. The molecule has 0 saturated carbocycles. The second-order valence-corrected chi connectivity index (χ2v) is 9.31. The van der Waals surface area contributed by atoms with E-state index in [0.29, 0.717) is 13.2 Å². The van der Waals surface area contributed by atoms with E-state index < -0.39 is 0 Å². The molecule has 0 unspecified atom stereocenters. The molecule has 0 atom stereocenters. The highest BCUT2D eigenvalue weighted by Gasteiger charge is 2.20. The third-order valence-electron chi connectivity index (χ3n) is 5.17. The second kappa shape index (κ2) is 10.6. The molecule has 2 aromatic rings. The van der Waals surface area contributed by atoms with E-state index >= 15 is 0 Å². The zero-order chi connectivity index (χ0) is 21.3. The maximum Gasteiger partial charge on any atom is 0.119 e. The van der Waals surface area contributed by atoms with Gasteiger partial charge in [0.25, 0.3) is 0 Å². The van der Waals surface area contributed by atoms with E-state index in [2.05, 4.69) is 96.0 Å². The first-order valence-electron chi connectivity index (χ1n) is 10.5. The Morgan fingerprint density at radius 3 is 2.21 bits per heavy atom. The van der Waals surface area contributed by atoms with Crippen LogP contribution in [0.5, 0.6) is 5.75 Å². The number of likely N-dealkylation sites (N-methyl/N-ethyl adjacent to an activating group) is 1. The molecule has 0 heterocycles. The molecule has 0 aliphatic rings. The van der Waals surface area contributed by atoms with Crippen LogP contribution in [0.2, 0.25) is 0 Å². The van der Waals surface area contributed by atoms with Gasteiger partial charge in [0.1, 0.15) is 25.4 Å². The number of benzene rings is 2. The Labute approximate surface area is 177 Å². The number of allylic oxidation sites excluding steroid dienone is 1. The van der Waals surface area contributed by atoms with Crippen molar-refractivity contribution in [2.45, 2.75) is 39.2 Å². The SMILES string of the molecule is C=C(C)CC(C)(C)c1ccc(OCCOCC[N+](C)(C)Cc2ccccc2)cc1. The molecule has 0 radical (unpaired) electrons. The monoisotopic (exact) mass is 396 g/mol. The summed E-state index contributed by atoms with van der Waals surface area (Å²) in [5.74, 6) is 0.892. The molecule has 0 bridgehead atoms. The number of nitrogens with zero attached hydrogens (tertiary/aromatic N) is 1. The molecule has 158 valence electrons. The molecule has 29 heavy (non-hydrogen) atoms. The molecule has 0 N–H and O–H groups in total. The maximum atomic E-state index is 5.83. The molecule has 0 spiro atoms. The van der Waals surface area contributed by atoms with Crippen molar-refractivity contribution in [1.82, 2.24) is 0 Å². The predicted octanol–water partition coefficient (Wildman–Crippen LogP) is 5.60. The lowest BCUT2D eigenvalue weighted by atomic mass is 9.79. The zero-order valence-corrected chi connectivity index (χ0v) is 18.9. The molecule has 0 saturated heterocycles. The summed E-state index contributed by atoms with van der Waals surface area (Å²) in [6, 6.07) is 19.0. The average molecular weight is 397 g/mol. The van der Waals surface area contributed by atoms with Crippen molar-refractivity contribution in [1.29, 1.82) is 0 Å². The largest absolute Gasteiger partial charge is 0.491 e. The van der Waals surface area contributed by atoms with Gasteiger partial charge in [0.15, 0.2) is 0 Å². The Morgan fingerprint density at radius 2 is 1.59 bits per heavy atom. The van der Waals surface area contributed by atoms with Crippen molar-refractivity contribution in [2.75, 3.05) is 40.5 Å². The fourth-order valence-electron chi connectivity index (χ4n) is 3.65. The molecule has 2 aromatic carbocycles. The summed E-state index contributed by atoms with van der Waals surface area (Å²) < 4.78 is 12.5. The van der Waals surface area contributed by atoms with Gasteiger partial charge in [-0.3, -0.25) is 0 Å². The van der Waals surface area contributed by atoms with E-state index in [0.717, 1.165) is 36.3 Å². The molecule has 0 aliphatic carbocycles. The van der Waals surface area contributed by atoms with Crippen LogP contribution >= 0.6 is 0 Å². The molecule has 0 fully saturated rings. The van der Waals surface area contributed by atoms with E-state index in [4.69, 9.17) is 9.47 Å². The summed E-state index contributed by atoms with van der Waals surface area (Å²) in [6.45, 7) is 14.5. The highest BCUT2D eigenvalue weighted by atomic mass is 16.5. The van der Waals surface area contributed by atoms with Gasteiger partial charge in [-0.15, -0.1) is 6.58 Å². The van der Waals surface area contributed by atoms with Crippen LogP contribution in [0.25, 0.3) is 0 Å². The molecular weight excluding hydrogens is 358 g/mol. The van der Waals surface area contributed by atoms with Crippen LogP contribution in [0.15, 0.2) is 66.7 Å². The molecule has 0 aromatic heterocycles. The van der Waals surface area contributed by atoms with Gasteiger partial charge in [0.2, 0.25) is 0 Å².